The van der Waals surface area contributed by atoms with Crippen LogP contribution < -0.4 is 0 Å². The Balaban J connectivity index is 2.06. The van der Waals surface area contributed by atoms with Crippen LogP contribution in [0.5, 0.6) is 0 Å². The molecule has 2 heterocycles. The van der Waals surface area contributed by atoms with Crippen molar-refractivity contribution in [1.29, 1.82) is 0 Å². The van der Waals surface area contributed by atoms with Crippen LogP contribution in [-0.4, -0.2) is 76.8 Å². The van der Waals surface area contributed by atoms with Gasteiger partial charge in [-0.2, -0.15) is 0 Å². The Hall–Kier alpha value is -1.44. The Morgan fingerprint density at radius 1 is 1.52 bits per heavy atom. The number of β-amino-alcohol motifs (C(OH)–C–C–N with tert-alkyl or cyclic N) is 1. The number of hydrogen-bond acceptors (Lipinski definition) is 5. The Morgan fingerprint density at radius 2 is 2.26 bits per heavy atom. The molecular formula is C16H28N4O3. The number of amides is 1. The van der Waals surface area contributed by atoms with Crippen molar-refractivity contribution in [2.75, 3.05) is 40.4 Å². The fourth-order valence-corrected chi connectivity index (χ4v) is 2.77. The molecule has 1 aliphatic heterocycles. The molecule has 0 spiro atoms. The van der Waals surface area contributed by atoms with Crippen LogP contribution in [0.1, 0.15) is 30.6 Å². The number of aliphatic hydroxyl groups is 1. The molecule has 23 heavy (non-hydrogen) atoms. The summed E-state index contributed by atoms with van der Waals surface area (Å²) >= 11 is 0. The third-order valence-corrected chi connectivity index (χ3v) is 4.16. The second kappa shape index (κ2) is 7.42. The van der Waals surface area contributed by atoms with Crippen LogP contribution >= 0.6 is 0 Å². The summed E-state index contributed by atoms with van der Waals surface area (Å²) in [5, 5.41) is 10.8. The molecule has 1 aromatic rings. The molecular weight excluding hydrogens is 296 g/mol. The maximum absolute atomic E-state index is 12.0. The molecule has 0 aromatic carbocycles. The van der Waals surface area contributed by atoms with E-state index in [2.05, 4.69) is 21.8 Å². The Bertz CT molecular complexity index is 543. The van der Waals surface area contributed by atoms with Crippen LogP contribution in [0.2, 0.25) is 0 Å². The predicted molar refractivity (Wildman–Crippen MR) is 87.1 cm³/mol. The highest BCUT2D eigenvalue weighted by atomic mass is 16.5. The molecule has 1 aliphatic rings. The molecule has 1 saturated heterocycles. The molecule has 0 radical (unpaired) electrons. The molecule has 130 valence electrons. The van der Waals surface area contributed by atoms with Crippen molar-refractivity contribution in [2.45, 2.75) is 38.8 Å². The number of hydrogen-bond donors (Lipinski definition) is 2. The van der Waals surface area contributed by atoms with Gasteiger partial charge in [-0.15, -0.1) is 0 Å². The van der Waals surface area contributed by atoms with E-state index < -0.39 is 5.60 Å². The molecule has 2 N–H and O–H groups in total. The first-order chi connectivity index (χ1) is 10.8. The van der Waals surface area contributed by atoms with E-state index in [4.69, 9.17) is 4.74 Å². The summed E-state index contributed by atoms with van der Waals surface area (Å²) in [7, 11) is 3.39. The van der Waals surface area contributed by atoms with Crippen molar-refractivity contribution >= 4 is 5.91 Å². The summed E-state index contributed by atoms with van der Waals surface area (Å²) in [6, 6.07) is 0. The van der Waals surface area contributed by atoms with Crippen molar-refractivity contribution in [3.05, 3.63) is 17.2 Å². The van der Waals surface area contributed by atoms with Gasteiger partial charge in [0.15, 0.2) is 0 Å². The molecule has 0 aliphatic carbocycles. The summed E-state index contributed by atoms with van der Waals surface area (Å²) in [5.74, 6) is 0.879. The van der Waals surface area contributed by atoms with Crippen LogP contribution in [0.4, 0.5) is 0 Å². The minimum Gasteiger partial charge on any atom is -0.386 e. The number of rotatable bonds is 5. The SMILES string of the molecule is CCc1nc(CN2CCOCC(O)(CC(=O)N(C)C)C2)c(C)[nH]1. The largest absolute Gasteiger partial charge is 0.386 e. The van der Waals surface area contributed by atoms with E-state index >= 15 is 0 Å². The molecule has 1 fully saturated rings. The zero-order chi connectivity index (χ0) is 17.0. The topological polar surface area (TPSA) is 81.7 Å². The van der Waals surface area contributed by atoms with Crippen molar-refractivity contribution in [3.63, 3.8) is 0 Å². The van der Waals surface area contributed by atoms with Gasteiger partial charge in [-0.1, -0.05) is 6.92 Å². The maximum Gasteiger partial charge on any atom is 0.225 e. The highest BCUT2D eigenvalue weighted by molar-refractivity contribution is 5.76. The average Bonchev–Trinajstić information content (AvgIpc) is 2.72. The number of nitrogens with one attached hydrogen (secondary N) is 1. The van der Waals surface area contributed by atoms with Crippen molar-refractivity contribution in [2.24, 2.45) is 0 Å². The second-order valence-corrected chi connectivity index (χ2v) is 6.56. The zero-order valence-electron chi connectivity index (χ0n) is 14.6. The van der Waals surface area contributed by atoms with Crippen molar-refractivity contribution in [1.82, 2.24) is 19.8 Å². The molecule has 0 saturated carbocycles. The number of aromatic amines is 1. The first-order valence-electron chi connectivity index (χ1n) is 8.10. The van der Waals surface area contributed by atoms with E-state index in [1.54, 1.807) is 14.1 Å². The fourth-order valence-electron chi connectivity index (χ4n) is 2.77. The lowest BCUT2D eigenvalue weighted by Gasteiger charge is -2.30. The molecule has 2 rings (SSSR count). The number of imidazole rings is 1. The maximum atomic E-state index is 12.0. The minimum atomic E-state index is -1.16. The number of H-pyrrole nitrogens is 1. The zero-order valence-corrected chi connectivity index (χ0v) is 14.6. The standard InChI is InChI=1S/C16H28N4O3/c1-5-14-17-12(2)13(18-14)9-20-6-7-23-11-16(22,10-20)8-15(21)19(3)4/h22H,5-11H2,1-4H3,(H,17,18). The van der Waals surface area contributed by atoms with Crippen molar-refractivity contribution < 1.29 is 14.6 Å². The number of aromatic nitrogens is 2. The summed E-state index contributed by atoms with van der Waals surface area (Å²) in [5.41, 5.74) is 0.889. The summed E-state index contributed by atoms with van der Waals surface area (Å²) in [4.78, 5) is 23.4. The number of aryl methyl sites for hydroxylation is 2. The quantitative estimate of drug-likeness (QED) is 0.815. The van der Waals surface area contributed by atoms with Crippen LogP contribution in [0.25, 0.3) is 0 Å². The lowest BCUT2D eigenvalue weighted by Crippen LogP contribution is -2.47. The van der Waals surface area contributed by atoms with Gasteiger partial charge in [0.2, 0.25) is 5.91 Å². The van der Waals surface area contributed by atoms with Gasteiger partial charge in [0.1, 0.15) is 11.4 Å². The Labute approximate surface area is 137 Å². The molecule has 1 unspecified atom stereocenters. The van der Waals surface area contributed by atoms with Gasteiger partial charge in [-0.3, -0.25) is 9.69 Å². The molecule has 7 heteroatoms. The lowest BCUT2D eigenvalue weighted by atomic mass is 9.99. The van der Waals surface area contributed by atoms with E-state index in [-0.39, 0.29) is 18.9 Å². The minimum absolute atomic E-state index is 0.0657. The van der Waals surface area contributed by atoms with E-state index in [0.717, 1.165) is 23.6 Å². The molecule has 0 bridgehead atoms. The number of carbonyl (C=O) groups is 1. The van der Waals surface area contributed by atoms with Crippen molar-refractivity contribution in [3.8, 4) is 0 Å². The van der Waals surface area contributed by atoms with Gasteiger partial charge >= 0.3 is 0 Å². The molecule has 1 atom stereocenters. The number of ether oxygens (including phenoxy) is 1. The van der Waals surface area contributed by atoms with Crippen LogP contribution in [-0.2, 0) is 22.5 Å². The van der Waals surface area contributed by atoms with Gasteiger partial charge in [0.25, 0.3) is 0 Å². The molecule has 1 aromatic heterocycles. The summed E-state index contributed by atoms with van der Waals surface area (Å²) < 4.78 is 5.52. The van der Waals surface area contributed by atoms with E-state index in [9.17, 15) is 9.90 Å². The summed E-state index contributed by atoms with van der Waals surface area (Å²) in [6.07, 6.45) is 0.932. The van der Waals surface area contributed by atoms with Gasteiger partial charge in [-0.25, -0.2) is 4.98 Å². The first-order valence-corrected chi connectivity index (χ1v) is 8.10. The highest BCUT2D eigenvalue weighted by Gasteiger charge is 2.35. The van der Waals surface area contributed by atoms with Gasteiger partial charge in [-0.05, 0) is 6.92 Å². The monoisotopic (exact) mass is 324 g/mol. The van der Waals surface area contributed by atoms with Gasteiger partial charge in [0.05, 0.1) is 25.3 Å². The van der Waals surface area contributed by atoms with Crippen LogP contribution in [0.15, 0.2) is 0 Å². The number of carbonyl (C=O) groups excluding carboxylic acids is 1. The van der Waals surface area contributed by atoms with E-state index in [1.807, 2.05) is 6.92 Å². The van der Waals surface area contributed by atoms with E-state index in [0.29, 0.717) is 26.2 Å². The van der Waals surface area contributed by atoms with Gasteiger partial charge in [0, 0.05) is 45.8 Å². The summed E-state index contributed by atoms with van der Waals surface area (Å²) in [6.45, 7) is 6.56. The fraction of sp³-hybridized carbons (Fsp3) is 0.750. The smallest absolute Gasteiger partial charge is 0.225 e. The van der Waals surface area contributed by atoms with E-state index in [1.165, 1.54) is 4.90 Å². The Kier molecular flexibility index (Phi) is 5.78. The normalized spacial score (nSPS) is 22.8. The Morgan fingerprint density at radius 3 is 2.87 bits per heavy atom. The third kappa shape index (κ3) is 4.76. The third-order valence-electron chi connectivity index (χ3n) is 4.16. The number of nitrogens with zero attached hydrogens (tertiary/aromatic N) is 3. The van der Waals surface area contributed by atoms with Gasteiger partial charge < -0.3 is 19.7 Å². The molecule has 1 amide bonds. The average molecular weight is 324 g/mol. The lowest BCUT2D eigenvalue weighted by molar-refractivity contribution is -0.136. The highest BCUT2D eigenvalue weighted by Crippen LogP contribution is 2.20. The van der Waals surface area contributed by atoms with Crippen LogP contribution in [0.3, 0.4) is 0 Å². The molecule has 7 nitrogen and oxygen atoms in total. The second-order valence-electron chi connectivity index (χ2n) is 6.56. The first kappa shape index (κ1) is 17.9. The van der Waals surface area contributed by atoms with Crippen LogP contribution in [0, 0.1) is 6.92 Å². The predicted octanol–water partition coefficient (Wildman–Crippen LogP) is 0.322.